The fourth-order valence-corrected chi connectivity index (χ4v) is 3.13. The third kappa shape index (κ3) is 2.86. The quantitative estimate of drug-likeness (QED) is 0.903. The summed E-state index contributed by atoms with van der Waals surface area (Å²) in [6.07, 6.45) is 5.03. The highest BCUT2D eigenvalue weighted by atomic mass is 16.6. The van der Waals surface area contributed by atoms with Gasteiger partial charge in [0.1, 0.15) is 13.2 Å². The number of benzene rings is 1. The van der Waals surface area contributed by atoms with Crippen molar-refractivity contribution in [3.05, 3.63) is 23.8 Å². The molecule has 1 N–H and O–H groups in total. The molecule has 0 bridgehead atoms. The van der Waals surface area contributed by atoms with E-state index in [1.807, 2.05) is 0 Å². The lowest BCUT2D eigenvalue weighted by atomic mass is 9.97. The second-order valence-electron chi connectivity index (χ2n) is 5.56. The molecule has 0 spiro atoms. The monoisotopic (exact) mass is 261 g/mol. The summed E-state index contributed by atoms with van der Waals surface area (Å²) in [4.78, 5) is 0. The van der Waals surface area contributed by atoms with Crippen LogP contribution >= 0.6 is 0 Å². The number of rotatable bonds is 4. The van der Waals surface area contributed by atoms with Crippen molar-refractivity contribution in [2.75, 3.05) is 19.8 Å². The molecule has 19 heavy (non-hydrogen) atoms. The summed E-state index contributed by atoms with van der Waals surface area (Å²) < 4.78 is 11.3. The van der Waals surface area contributed by atoms with Gasteiger partial charge in [0.2, 0.25) is 0 Å². The fourth-order valence-electron chi connectivity index (χ4n) is 3.13. The van der Waals surface area contributed by atoms with Gasteiger partial charge in [-0.15, -0.1) is 0 Å². The van der Waals surface area contributed by atoms with E-state index in [9.17, 15) is 0 Å². The number of hydrogen-bond donors (Lipinski definition) is 1. The lowest BCUT2D eigenvalue weighted by Crippen LogP contribution is -2.26. The zero-order valence-corrected chi connectivity index (χ0v) is 11.7. The Morgan fingerprint density at radius 1 is 1.16 bits per heavy atom. The molecule has 1 saturated carbocycles. The van der Waals surface area contributed by atoms with Crippen LogP contribution < -0.4 is 14.8 Å². The van der Waals surface area contributed by atoms with Gasteiger partial charge >= 0.3 is 0 Å². The predicted molar refractivity (Wildman–Crippen MR) is 76.1 cm³/mol. The SMILES string of the molecule is CCCNC1CCC(c2ccc3c(c2)OCCO3)C1. The van der Waals surface area contributed by atoms with Crippen LogP contribution in [-0.2, 0) is 0 Å². The summed E-state index contributed by atoms with van der Waals surface area (Å²) in [5, 5.41) is 3.64. The van der Waals surface area contributed by atoms with Crippen molar-refractivity contribution < 1.29 is 9.47 Å². The van der Waals surface area contributed by atoms with E-state index in [1.165, 1.54) is 31.2 Å². The first-order chi connectivity index (χ1) is 9.36. The van der Waals surface area contributed by atoms with E-state index in [1.54, 1.807) is 0 Å². The number of ether oxygens (including phenoxy) is 2. The van der Waals surface area contributed by atoms with Crippen molar-refractivity contribution in [1.82, 2.24) is 5.32 Å². The predicted octanol–water partition coefficient (Wildman–Crippen LogP) is 3.09. The first-order valence-electron chi connectivity index (χ1n) is 7.49. The molecule has 0 amide bonds. The zero-order valence-electron chi connectivity index (χ0n) is 11.7. The molecule has 0 saturated heterocycles. The summed E-state index contributed by atoms with van der Waals surface area (Å²) in [6, 6.07) is 7.15. The molecule has 1 fully saturated rings. The summed E-state index contributed by atoms with van der Waals surface area (Å²) in [6.45, 7) is 4.69. The van der Waals surface area contributed by atoms with Crippen molar-refractivity contribution in [3.63, 3.8) is 0 Å². The van der Waals surface area contributed by atoms with Crippen LogP contribution in [0, 0.1) is 0 Å². The summed E-state index contributed by atoms with van der Waals surface area (Å²) >= 11 is 0. The van der Waals surface area contributed by atoms with Crippen molar-refractivity contribution in [2.24, 2.45) is 0 Å². The van der Waals surface area contributed by atoms with Crippen LogP contribution in [0.3, 0.4) is 0 Å². The van der Waals surface area contributed by atoms with Gasteiger partial charge < -0.3 is 14.8 Å². The highest BCUT2D eigenvalue weighted by Crippen LogP contribution is 2.39. The molecule has 1 heterocycles. The Hall–Kier alpha value is -1.22. The molecule has 1 aliphatic heterocycles. The topological polar surface area (TPSA) is 30.5 Å². The first kappa shape index (κ1) is 12.8. The average Bonchev–Trinajstić information content (AvgIpc) is 2.93. The van der Waals surface area contributed by atoms with Crippen LogP contribution in [0.15, 0.2) is 18.2 Å². The van der Waals surface area contributed by atoms with Crippen LogP contribution in [-0.4, -0.2) is 25.8 Å². The molecule has 2 unspecified atom stereocenters. The molecule has 2 atom stereocenters. The van der Waals surface area contributed by atoms with E-state index < -0.39 is 0 Å². The zero-order chi connectivity index (χ0) is 13.1. The maximum atomic E-state index is 5.67. The van der Waals surface area contributed by atoms with Crippen LogP contribution in [0.2, 0.25) is 0 Å². The van der Waals surface area contributed by atoms with Crippen LogP contribution in [0.25, 0.3) is 0 Å². The summed E-state index contributed by atoms with van der Waals surface area (Å²) in [5.74, 6) is 2.49. The molecule has 3 heteroatoms. The Kier molecular flexibility index (Phi) is 3.92. The van der Waals surface area contributed by atoms with Gasteiger partial charge in [-0.1, -0.05) is 13.0 Å². The number of nitrogens with one attached hydrogen (secondary N) is 1. The Morgan fingerprint density at radius 3 is 2.84 bits per heavy atom. The van der Waals surface area contributed by atoms with E-state index >= 15 is 0 Å². The van der Waals surface area contributed by atoms with E-state index in [-0.39, 0.29) is 0 Å². The summed E-state index contributed by atoms with van der Waals surface area (Å²) in [5.41, 5.74) is 1.41. The minimum absolute atomic E-state index is 0.665. The Balaban J connectivity index is 1.66. The molecule has 1 aliphatic carbocycles. The van der Waals surface area contributed by atoms with E-state index in [4.69, 9.17) is 9.47 Å². The molecule has 1 aromatic rings. The van der Waals surface area contributed by atoms with Gasteiger partial charge in [0.05, 0.1) is 0 Å². The standard InChI is InChI=1S/C16H23NO2/c1-2-7-17-14-5-3-12(10-14)13-4-6-15-16(11-13)19-9-8-18-15/h4,6,11-12,14,17H,2-3,5,7-10H2,1H3. The third-order valence-electron chi connectivity index (χ3n) is 4.15. The molecule has 1 aromatic carbocycles. The number of fused-ring (bicyclic) bond motifs is 1. The van der Waals surface area contributed by atoms with E-state index in [2.05, 4.69) is 30.4 Å². The van der Waals surface area contributed by atoms with Crippen molar-refractivity contribution in [2.45, 2.75) is 44.6 Å². The second kappa shape index (κ2) is 5.83. The van der Waals surface area contributed by atoms with Gasteiger partial charge in [-0.05, 0) is 55.8 Å². The minimum Gasteiger partial charge on any atom is -0.486 e. The molecular formula is C16H23NO2. The lowest BCUT2D eigenvalue weighted by Gasteiger charge is -2.20. The van der Waals surface area contributed by atoms with Crippen molar-refractivity contribution >= 4 is 0 Å². The lowest BCUT2D eigenvalue weighted by molar-refractivity contribution is 0.171. The molecule has 104 valence electrons. The number of hydrogen-bond acceptors (Lipinski definition) is 3. The molecule has 3 nitrogen and oxygen atoms in total. The first-order valence-corrected chi connectivity index (χ1v) is 7.49. The van der Waals surface area contributed by atoms with Gasteiger partial charge in [0.15, 0.2) is 11.5 Å². The van der Waals surface area contributed by atoms with Gasteiger partial charge in [-0.3, -0.25) is 0 Å². The Bertz CT molecular complexity index is 433. The van der Waals surface area contributed by atoms with Crippen LogP contribution in [0.4, 0.5) is 0 Å². The molecule has 0 aromatic heterocycles. The average molecular weight is 261 g/mol. The molecule has 3 rings (SSSR count). The largest absolute Gasteiger partial charge is 0.486 e. The smallest absolute Gasteiger partial charge is 0.161 e. The minimum atomic E-state index is 0.665. The van der Waals surface area contributed by atoms with E-state index in [0.29, 0.717) is 25.2 Å². The normalized spacial score (nSPS) is 25.5. The van der Waals surface area contributed by atoms with Gasteiger partial charge in [-0.25, -0.2) is 0 Å². The molecule has 2 aliphatic rings. The maximum absolute atomic E-state index is 5.67. The fraction of sp³-hybridized carbons (Fsp3) is 0.625. The van der Waals surface area contributed by atoms with Crippen LogP contribution in [0.1, 0.15) is 44.1 Å². The third-order valence-corrected chi connectivity index (χ3v) is 4.15. The van der Waals surface area contributed by atoms with Crippen molar-refractivity contribution in [3.8, 4) is 11.5 Å². The van der Waals surface area contributed by atoms with E-state index in [0.717, 1.165) is 18.0 Å². The second-order valence-corrected chi connectivity index (χ2v) is 5.56. The molecule has 0 radical (unpaired) electrons. The summed E-state index contributed by atoms with van der Waals surface area (Å²) in [7, 11) is 0. The van der Waals surface area contributed by atoms with Gasteiger partial charge in [0, 0.05) is 6.04 Å². The van der Waals surface area contributed by atoms with Crippen molar-refractivity contribution in [1.29, 1.82) is 0 Å². The highest BCUT2D eigenvalue weighted by Gasteiger charge is 2.26. The molecular weight excluding hydrogens is 238 g/mol. The van der Waals surface area contributed by atoms with Crippen LogP contribution in [0.5, 0.6) is 11.5 Å². The Labute approximate surface area is 115 Å². The maximum Gasteiger partial charge on any atom is 0.161 e. The van der Waals surface area contributed by atoms with Gasteiger partial charge in [0.25, 0.3) is 0 Å². The van der Waals surface area contributed by atoms with Gasteiger partial charge in [-0.2, -0.15) is 0 Å². The Morgan fingerprint density at radius 2 is 2.00 bits per heavy atom. The highest BCUT2D eigenvalue weighted by molar-refractivity contribution is 5.45.